The Morgan fingerprint density at radius 2 is 2.32 bits per heavy atom. The Hall–Kier alpha value is -0.550. The van der Waals surface area contributed by atoms with Gasteiger partial charge in [-0.2, -0.15) is 0 Å². The number of methoxy groups -OCH3 is 1. The van der Waals surface area contributed by atoms with E-state index in [1.54, 1.807) is 7.11 Å². The standard InChI is InChI=1S/C14H17Br2NO2/c1-19-13-8-11(16)2-3-12(13)14(18)17-7-5-10(9-17)4-6-15/h2-3,8,10H,4-7,9H2,1H3. The Labute approximate surface area is 130 Å². The molecule has 1 amide bonds. The van der Waals surface area contributed by atoms with Crippen LogP contribution in [0.2, 0.25) is 0 Å². The van der Waals surface area contributed by atoms with Gasteiger partial charge in [0.05, 0.1) is 12.7 Å². The van der Waals surface area contributed by atoms with Crippen molar-refractivity contribution in [3.05, 3.63) is 28.2 Å². The molecule has 0 radical (unpaired) electrons. The number of hydrogen-bond donors (Lipinski definition) is 0. The van der Waals surface area contributed by atoms with Crippen molar-refractivity contribution < 1.29 is 9.53 Å². The third-order valence-electron chi connectivity index (χ3n) is 3.48. The first-order valence-electron chi connectivity index (χ1n) is 6.34. The molecule has 1 heterocycles. The molecule has 1 aromatic carbocycles. The van der Waals surface area contributed by atoms with E-state index in [1.165, 1.54) is 0 Å². The molecule has 104 valence electrons. The maximum atomic E-state index is 12.5. The van der Waals surface area contributed by atoms with Gasteiger partial charge in [-0.25, -0.2) is 0 Å². The summed E-state index contributed by atoms with van der Waals surface area (Å²) in [5.41, 5.74) is 0.644. The lowest BCUT2D eigenvalue weighted by Crippen LogP contribution is -2.29. The highest BCUT2D eigenvalue weighted by atomic mass is 79.9. The highest BCUT2D eigenvalue weighted by Gasteiger charge is 2.27. The lowest BCUT2D eigenvalue weighted by atomic mass is 10.1. The molecule has 0 saturated carbocycles. The summed E-state index contributed by atoms with van der Waals surface area (Å²) in [4.78, 5) is 14.4. The van der Waals surface area contributed by atoms with E-state index in [0.717, 1.165) is 35.7 Å². The summed E-state index contributed by atoms with van der Waals surface area (Å²) in [5, 5.41) is 1.00. The predicted octanol–water partition coefficient (Wildman–Crippen LogP) is 3.70. The van der Waals surface area contributed by atoms with E-state index in [1.807, 2.05) is 23.1 Å². The monoisotopic (exact) mass is 389 g/mol. The summed E-state index contributed by atoms with van der Waals surface area (Å²) in [7, 11) is 1.59. The number of rotatable bonds is 4. The van der Waals surface area contributed by atoms with Crippen LogP contribution in [0, 0.1) is 5.92 Å². The fourth-order valence-corrected chi connectivity index (χ4v) is 3.41. The average molecular weight is 391 g/mol. The summed E-state index contributed by atoms with van der Waals surface area (Å²) in [6.07, 6.45) is 2.22. The third-order valence-corrected chi connectivity index (χ3v) is 4.44. The summed E-state index contributed by atoms with van der Waals surface area (Å²) in [6, 6.07) is 5.53. The molecule has 0 bridgehead atoms. The van der Waals surface area contributed by atoms with Crippen molar-refractivity contribution >= 4 is 37.8 Å². The molecule has 0 aromatic heterocycles. The van der Waals surface area contributed by atoms with Crippen LogP contribution in [0.3, 0.4) is 0 Å². The van der Waals surface area contributed by atoms with E-state index in [2.05, 4.69) is 31.9 Å². The van der Waals surface area contributed by atoms with E-state index in [-0.39, 0.29) is 5.91 Å². The summed E-state index contributed by atoms with van der Waals surface area (Å²) in [5.74, 6) is 1.31. The predicted molar refractivity (Wildman–Crippen MR) is 83.1 cm³/mol. The quantitative estimate of drug-likeness (QED) is 0.733. The molecule has 1 aromatic rings. The highest BCUT2D eigenvalue weighted by molar-refractivity contribution is 9.10. The van der Waals surface area contributed by atoms with Gasteiger partial charge in [0.1, 0.15) is 5.75 Å². The summed E-state index contributed by atoms with van der Waals surface area (Å²) >= 11 is 6.85. The summed E-state index contributed by atoms with van der Waals surface area (Å²) in [6.45, 7) is 1.69. The maximum absolute atomic E-state index is 12.5. The topological polar surface area (TPSA) is 29.5 Å². The zero-order valence-corrected chi connectivity index (χ0v) is 14.0. The minimum absolute atomic E-state index is 0.0708. The third kappa shape index (κ3) is 3.51. The van der Waals surface area contributed by atoms with Crippen LogP contribution >= 0.6 is 31.9 Å². The molecule has 0 spiro atoms. The van der Waals surface area contributed by atoms with Crippen LogP contribution in [-0.4, -0.2) is 36.3 Å². The molecule has 19 heavy (non-hydrogen) atoms. The number of alkyl halides is 1. The second-order valence-corrected chi connectivity index (χ2v) is 6.44. The van der Waals surface area contributed by atoms with Gasteiger partial charge in [-0.15, -0.1) is 0 Å². The Morgan fingerprint density at radius 1 is 1.53 bits per heavy atom. The molecule has 5 heteroatoms. The molecule has 1 fully saturated rings. The van der Waals surface area contributed by atoms with Crippen LogP contribution in [0.1, 0.15) is 23.2 Å². The fraction of sp³-hybridized carbons (Fsp3) is 0.500. The molecule has 2 rings (SSSR count). The van der Waals surface area contributed by atoms with E-state index < -0.39 is 0 Å². The smallest absolute Gasteiger partial charge is 0.257 e. The normalized spacial score (nSPS) is 18.7. The molecule has 3 nitrogen and oxygen atoms in total. The Kier molecular flexibility index (Phi) is 5.28. The number of benzene rings is 1. The van der Waals surface area contributed by atoms with E-state index in [0.29, 0.717) is 17.2 Å². The van der Waals surface area contributed by atoms with Crippen molar-refractivity contribution in [1.82, 2.24) is 4.90 Å². The van der Waals surface area contributed by atoms with Gasteiger partial charge < -0.3 is 9.64 Å². The molecule has 1 atom stereocenters. The molecular formula is C14H17Br2NO2. The SMILES string of the molecule is COc1cc(Br)ccc1C(=O)N1CCC(CCBr)C1. The van der Waals surface area contributed by atoms with Gasteiger partial charge in [-0.05, 0) is 37.0 Å². The highest BCUT2D eigenvalue weighted by Crippen LogP contribution is 2.27. The number of ether oxygens (including phenoxy) is 1. The molecular weight excluding hydrogens is 374 g/mol. The lowest BCUT2D eigenvalue weighted by molar-refractivity contribution is 0.0783. The first-order chi connectivity index (χ1) is 9.15. The van der Waals surface area contributed by atoms with Crippen LogP contribution in [0.25, 0.3) is 0 Å². The second-order valence-electron chi connectivity index (χ2n) is 4.73. The van der Waals surface area contributed by atoms with Crippen LogP contribution in [0.15, 0.2) is 22.7 Å². The van der Waals surface area contributed by atoms with Gasteiger partial charge in [0, 0.05) is 22.9 Å². The zero-order chi connectivity index (χ0) is 13.8. The molecule has 1 aliphatic heterocycles. The number of likely N-dealkylation sites (tertiary alicyclic amines) is 1. The second kappa shape index (κ2) is 6.75. The number of halogens is 2. The van der Waals surface area contributed by atoms with E-state index in [4.69, 9.17) is 4.74 Å². The number of hydrogen-bond acceptors (Lipinski definition) is 2. The largest absolute Gasteiger partial charge is 0.496 e. The molecule has 1 saturated heterocycles. The van der Waals surface area contributed by atoms with Crippen molar-refractivity contribution in [2.75, 3.05) is 25.5 Å². The molecule has 1 unspecified atom stereocenters. The van der Waals surface area contributed by atoms with Crippen molar-refractivity contribution in [1.29, 1.82) is 0 Å². The van der Waals surface area contributed by atoms with Gasteiger partial charge >= 0.3 is 0 Å². The van der Waals surface area contributed by atoms with Gasteiger partial charge in [0.25, 0.3) is 5.91 Å². The van der Waals surface area contributed by atoms with Crippen LogP contribution in [0.4, 0.5) is 0 Å². The molecule has 0 aliphatic carbocycles. The average Bonchev–Trinajstić information content (AvgIpc) is 2.87. The molecule has 0 N–H and O–H groups in total. The van der Waals surface area contributed by atoms with E-state index in [9.17, 15) is 4.79 Å². The minimum Gasteiger partial charge on any atom is -0.496 e. The fourth-order valence-electron chi connectivity index (χ4n) is 2.42. The maximum Gasteiger partial charge on any atom is 0.257 e. The van der Waals surface area contributed by atoms with Crippen molar-refractivity contribution in [2.45, 2.75) is 12.8 Å². The first kappa shape index (κ1) is 14.9. The lowest BCUT2D eigenvalue weighted by Gasteiger charge is -2.18. The van der Waals surface area contributed by atoms with Crippen molar-refractivity contribution in [3.8, 4) is 5.75 Å². The number of carbonyl (C=O) groups is 1. The number of amides is 1. The van der Waals surface area contributed by atoms with Gasteiger partial charge in [0.15, 0.2) is 0 Å². The van der Waals surface area contributed by atoms with Gasteiger partial charge in [-0.1, -0.05) is 31.9 Å². The van der Waals surface area contributed by atoms with Gasteiger partial charge in [0.2, 0.25) is 0 Å². The summed E-state index contributed by atoms with van der Waals surface area (Å²) < 4.78 is 6.21. The first-order valence-corrected chi connectivity index (χ1v) is 8.26. The van der Waals surface area contributed by atoms with Crippen LogP contribution < -0.4 is 4.74 Å². The van der Waals surface area contributed by atoms with E-state index >= 15 is 0 Å². The van der Waals surface area contributed by atoms with Crippen LogP contribution in [0.5, 0.6) is 5.75 Å². The van der Waals surface area contributed by atoms with Crippen molar-refractivity contribution in [2.24, 2.45) is 5.92 Å². The molecule has 1 aliphatic rings. The van der Waals surface area contributed by atoms with Gasteiger partial charge in [-0.3, -0.25) is 4.79 Å². The number of carbonyl (C=O) groups excluding carboxylic acids is 1. The Bertz CT molecular complexity index is 465. The zero-order valence-electron chi connectivity index (χ0n) is 10.9. The number of nitrogens with zero attached hydrogens (tertiary/aromatic N) is 1. The minimum atomic E-state index is 0.0708. The van der Waals surface area contributed by atoms with Crippen LogP contribution in [-0.2, 0) is 0 Å². The Morgan fingerprint density at radius 3 is 3.00 bits per heavy atom. The van der Waals surface area contributed by atoms with Crippen molar-refractivity contribution in [3.63, 3.8) is 0 Å². The Balaban J connectivity index is 2.12.